The van der Waals surface area contributed by atoms with Crippen molar-refractivity contribution in [2.24, 2.45) is 4.99 Å². The fourth-order valence-electron chi connectivity index (χ4n) is 2.61. The maximum Gasteiger partial charge on any atom is 0.363 e. The van der Waals surface area contributed by atoms with Crippen molar-refractivity contribution in [3.05, 3.63) is 81.0 Å². The Bertz CT molecular complexity index is 898. The van der Waals surface area contributed by atoms with Crippen LogP contribution in [0.25, 0.3) is 6.08 Å². The number of unbranched alkanes of at least 4 members (excludes halogenated alkanes) is 1. The van der Waals surface area contributed by atoms with Crippen LogP contribution in [0.15, 0.2) is 59.2 Å². The Kier molecular flexibility index (Phi) is 5.22. The van der Waals surface area contributed by atoms with E-state index in [9.17, 15) is 14.9 Å². The monoisotopic (exact) mass is 350 g/mol. The van der Waals surface area contributed by atoms with E-state index in [1.807, 2.05) is 24.3 Å². The Hall–Kier alpha value is -3.28. The largest absolute Gasteiger partial charge is 0.402 e. The second-order valence-electron chi connectivity index (χ2n) is 5.99. The predicted molar refractivity (Wildman–Crippen MR) is 98.8 cm³/mol. The Labute approximate surface area is 151 Å². The number of carbonyl (C=O) groups is 1. The Morgan fingerprint density at radius 2 is 1.96 bits per heavy atom. The molecule has 0 aromatic heterocycles. The fourth-order valence-corrected chi connectivity index (χ4v) is 2.61. The van der Waals surface area contributed by atoms with Crippen LogP contribution >= 0.6 is 0 Å². The Morgan fingerprint density at radius 3 is 2.65 bits per heavy atom. The number of ether oxygens (including phenoxy) is 1. The van der Waals surface area contributed by atoms with E-state index in [0.29, 0.717) is 5.56 Å². The first kappa shape index (κ1) is 17.5. The topological polar surface area (TPSA) is 81.8 Å². The molecular weight excluding hydrogens is 332 g/mol. The number of nitro benzene ring substituents is 1. The Morgan fingerprint density at radius 1 is 1.19 bits per heavy atom. The van der Waals surface area contributed by atoms with Crippen LogP contribution in [0.2, 0.25) is 0 Å². The molecule has 0 N–H and O–H groups in total. The molecule has 0 aliphatic carbocycles. The minimum atomic E-state index is -0.568. The maximum absolute atomic E-state index is 12.1. The molecule has 0 bridgehead atoms. The fraction of sp³-hybridized carbons (Fsp3) is 0.200. The molecule has 0 saturated carbocycles. The number of cyclic esters (lactones) is 1. The summed E-state index contributed by atoms with van der Waals surface area (Å²) in [5, 5.41) is 10.9. The normalized spacial score (nSPS) is 15.0. The number of aliphatic imine (C=N–C) groups is 1. The van der Waals surface area contributed by atoms with Gasteiger partial charge in [0, 0.05) is 17.7 Å². The highest BCUT2D eigenvalue weighted by Crippen LogP contribution is 2.21. The molecular formula is C20H18N2O4. The number of nitrogens with zero attached hydrogens (tertiary/aromatic N) is 2. The summed E-state index contributed by atoms with van der Waals surface area (Å²) in [7, 11) is 0. The van der Waals surface area contributed by atoms with Gasteiger partial charge in [-0.3, -0.25) is 10.1 Å². The maximum atomic E-state index is 12.1. The highest BCUT2D eigenvalue weighted by atomic mass is 16.6. The molecule has 0 spiro atoms. The van der Waals surface area contributed by atoms with Crippen LogP contribution in [-0.4, -0.2) is 16.8 Å². The zero-order valence-corrected chi connectivity index (χ0v) is 14.3. The molecule has 3 rings (SSSR count). The number of non-ortho nitro benzene ring substituents is 1. The van der Waals surface area contributed by atoms with Crippen molar-refractivity contribution in [3.8, 4) is 0 Å². The van der Waals surface area contributed by atoms with E-state index in [-0.39, 0.29) is 17.3 Å². The molecule has 132 valence electrons. The van der Waals surface area contributed by atoms with Gasteiger partial charge < -0.3 is 4.74 Å². The number of hydrogen-bond donors (Lipinski definition) is 0. The number of carbonyl (C=O) groups excluding carboxylic acids is 1. The molecule has 6 nitrogen and oxygen atoms in total. The number of esters is 1. The summed E-state index contributed by atoms with van der Waals surface area (Å²) < 4.78 is 5.24. The van der Waals surface area contributed by atoms with Gasteiger partial charge in [-0.25, -0.2) is 9.79 Å². The standard InChI is InChI=1S/C20H18N2O4/c1-2-3-5-14-8-10-16(11-9-14)19-21-18(20(23)26-19)13-15-6-4-7-17(12-15)22(24)25/h4,6-13H,2-3,5H2,1H3/b18-13-. The lowest BCUT2D eigenvalue weighted by atomic mass is 10.1. The molecule has 0 radical (unpaired) electrons. The summed E-state index contributed by atoms with van der Waals surface area (Å²) in [6, 6.07) is 13.8. The predicted octanol–water partition coefficient (Wildman–Crippen LogP) is 4.28. The first-order chi connectivity index (χ1) is 12.6. The number of aryl methyl sites for hydroxylation is 1. The first-order valence-electron chi connectivity index (χ1n) is 8.43. The van der Waals surface area contributed by atoms with Crippen molar-refractivity contribution in [1.29, 1.82) is 0 Å². The molecule has 0 atom stereocenters. The summed E-state index contributed by atoms with van der Waals surface area (Å²) in [5.41, 5.74) is 2.55. The average Bonchev–Trinajstić information content (AvgIpc) is 3.01. The summed E-state index contributed by atoms with van der Waals surface area (Å²) >= 11 is 0. The van der Waals surface area contributed by atoms with Crippen molar-refractivity contribution >= 4 is 23.6 Å². The first-order valence-corrected chi connectivity index (χ1v) is 8.43. The van der Waals surface area contributed by atoms with Crippen molar-refractivity contribution in [1.82, 2.24) is 0 Å². The van der Waals surface area contributed by atoms with Gasteiger partial charge in [0.2, 0.25) is 5.90 Å². The minimum absolute atomic E-state index is 0.0439. The molecule has 1 aliphatic heterocycles. The lowest BCUT2D eigenvalue weighted by Gasteiger charge is -2.02. The molecule has 0 fully saturated rings. The molecule has 0 unspecified atom stereocenters. The van der Waals surface area contributed by atoms with E-state index in [4.69, 9.17) is 4.74 Å². The van der Waals surface area contributed by atoms with Crippen molar-refractivity contribution in [2.75, 3.05) is 0 Å². The summed E-state index contributed by atoms with van der Waals surface area (Å²) in [6.45, 7) is 2.15. The third-order valence-corrected chi connectivity index (χ3v) is 4.02. The van der Waals surface area contributed by atoms with Crippen LogP contribution in [0.3, 0.4) is 0 Å². The molecule has 26 heavy (non-hydrogen) atoms. The van der Waals surface area contributed by atoms with E-state index >= 15 is 0 Å². The summed E-state index contributed by atoms with van der Waals surface area (Å²) in [6.07, 6.45) is 4.77. The quantitative estimate of drug-likeness (QED) is 0.337. The Balaban J connectivity index is 1.82. The third kappa shape index (κ3) is 4.03. The molecule has 0 saturated heterocycles. The zero-order chi connectivity index (χ0) is 18.5. The smallest absolute Gasteiger partial charge is 0.363 e. The number of rotatable bonds is 6. The molecule has 2 aromatic rings. The third-order valence-electron chi connectivity index (χ3n) is 4.02. The van der Waals surface area contributed by atoms with Crippen molar-refractivity contribution in [3.63, 3.8) is 0 Å². The number of benzene rings is 2. The zero-order valence-electron chi connectivity index (χ0n) is 14.3. The van der Waals surface area contributed by atoms with Crippen molar-refractivity contribution < 1.29 is 14.5 Å². The van der Waals surface area contributed by atoms with Crippen LogP contribution in [0.5, 0.6) is 0 Å². The molecule has 1 heterocycles. The lowest BCUT2D eigenvalue weighted by molar-refractivity contribution is -0.384. The average molecular weight is 350 g/mol. The van der Waals surface area contributed by atoms with Gasteiger partial charge >= 0.3 is 5.97 Å². The second-order valence-corrected chi connectivity index (χ2v) is 5.99. The molecule has 6 heteroatoms. The van der Waals surface area contributed by atoms with Crippen LogP contribution < -0.4 is 0 Å². The van der Waals surface area contributed by atoms with E-state index in [1.165, 1.54) is 23.8 Å². The molecule has 2 aromatic carbocycles. The SMILES string of the molecule is CCCCc1ccc(C2=N/C(=C\c3cccc([N+](=O)[O-])c3)C(=O)O2)cc1. The van der Waals surface area contributed by atoms with Crippen LogP contribution in [0.4, 0.5) is 5.69 Å². The lowest BCUT2D eigenvalue weighted by Crippen LogP contribution is -2.05. The van der Waals surface area contributed by atoms with E-state index in [0.717, 1.165) is 24.8 Å². The summed E-state index contributed by atoms with van der Waals surface area (Å²) in [4.78, 5) is 26.7. The molecule has 1 aliphatic rings. The van der Waals surface area contributed by atoms with Crippen LogP contribution in [0, 0.1) is 10.1 Å². The van der Waals surface area contributed by atoms with Gasteiger partial charge in [-0.15, -0.1) is 0 Å². The molecule has 0 amide bonds. The van der Waals surface area contributed by atoms with E-state index in [1.54, 1.807) is 12.1 Å². The van der Waals surface area contributed by atoms with Gasteiger partial charge in [0.05, 0.1) is 4.92 Å². The van der Waals surface area contributed by atoms with Gasteiger partial charge in [-0.05, 0) is 42.2 Å². The van der Waals surface area contributed by atoms with Gasteiger partial charge in [0.1, 0.15) is 0 Å². The second kappa shape index (κ2) is 7.74. The van der Waals surface area contributed by atoms with Gasteiger partial charge in [0.25, 0.3) is 5.69 Å². The number of nitro groups is 1. The minimum Gasteiger partial charge on any atom is -0.402 e. The van der Waals surface area contributed by atoms with Crippen LogP contribution in [-0.2, 0) is 16.0 Å². The van der Waals surface area contributed by atoms with E-state index < -0.39 is 10.9 Å². The number of hydrogen-bond acceptors (Lipinski definition) is 5. The van der Waals surface area contributed by atoms with Gasteiger partial charge in [-0.2, -0.15) is 0 Å². The highest BCUT2D eigenvalue weighted by Gasteiger charge is 2.24. The van der Waals surface area contributed by atoms with Gasteiger partial charge in [-0.1, -0.05) is 37.6 Å². The van der Waals surface area contributed by atoms with Crippen LogP contribution in [0.1, 0.15) is 36.5 Å². The summed E-state index contributed by atoms with van der Waals surface area (Å²) in [5.74, 6) is -0.324. The van der Waals surface area contributed by atoms with Crippen molar-refractivity contribution in [2.45, 2.75) is 26.2 Å². The highest BCUT2D eigenvalue weighted by molar-refractivity contribution is 6.12. The van der Waals surface area contributed by atoms with E-state index in [2.05, 4.69) is 11.9 Å². The van der Waals surface area contributed by atoms with Gasteiger partial charge in [0.15, 0.2) is 5.70 Å².